The lowest BCUT2D eigenvalue weighted by Crippen LogP contribution is -2.12. The molecule has 0 aromatic rings. The highest BCUT2D eigenvalue weighted by molar-refractivity contribution is 6.30. The highest BCUT2D eigenvalue weighted by atomic mass is 35.5. The molecule has 0 spiro atoms. The van der Waals surface area contributed by atoms with E-state index in [2.05, 4.69) is 13.8 Å². The first-order chi connectivity index (χ1) is 5.61. The van der Waals surface area contributed by atoms with Gasteiger partial charge in [0.25, 0.3) is 0 Å². The van der Waals surface area contributed by atoms with Gasteiger partial charge in [0.15, 0.2) is 0 Å². The largest absolute Gasteiger partial charge is 0.383 e. The fourth-order valence-electron chi connectivity index (χ4n) is 1.12. The van der Waals surface area contributed by atoms with Gasteiger partial charge in [-0.15, -0.1) is 0 Å². The van der Waals surface area contributed by atoms with E-state index in [1.807, 2.05) is 18.2 Å². The molecule has 0 radical (unpaired) electrons. The maximum Gasteiger partial charge on any atom is 0.114 e. The average Bonchev–Trinajstić information content (AvgIpc) is 1.98. The van der Waals surface area contributed by atoms with E-state index >= 15 is 0 Å². The van der Waals surface area contributed by atoms with Gasteiger partial charge in [-0.2, -0.15) is 0 Å². The van der Waals surface area contributed by atoms with Crippen LogP contribution in [0.3, 0.4) is 0 Å². The summed E-state index contributed by atoms with van der Waals surface area (Å²) in [6.07, 6.45) is 6.83. The molecule has 2 heteroatoms. The van der Waals surface area contributed by atoms with Crippen LogP contribution < -0.4 is 0 Å². The summed E-state index contributed by atoms with van der Waals surface area (Å²) in [6, 6.07) is 0. The third-order valence-corrected chi connectivity index (χ3v) is 1.98. The Kier molecular flexibility index (Phi) is 3.12. The first kappa shape index (κ1) is 9.56. The topological polar surface area (TPSA) is 20.2 Å². The minimum absolute atomic E-state index is 0.432. The summed E-state index contributed by atoms with van der Waals surface area (Å²) >= 11 is 5.76. The first-order valence-corrected chi connectivity index (χ1v) is 4.42. The Morgan fingerprint density at radius 3 is 2.83 bits per heavy atom. The van der Waals surface area contributed by atoms with Gasteiger partial charge >= 0.3 is 0 Å². The molecule has 1 aliphatic rings. The molecular weight excluding hydrogens is 172 g/mol. The molecule has 66 valence electrons. The molecule has 0 fully saturated rings. The molecule has 1 N–H and O–H groups in total. The van der Waals surface area contributed by atoms with E-state index in [9.17, 15) is 5.11 Å². The van der Waals surface area contributed by atoms with E-state index in [0.717, 1.165) is 5.57 Å². The van der Waals surface area contributed by atoms with Gasteiger partial charge in [0, 0.05) is 0 Å². The number of halogens is 1. The molecule has 1 atom stereocenters. The summed E-state index contributed by atoms with van der Waals surface area (Å²) in [7, 11) is 0. The van der Waals surface area contributed by atoms with Gasteiger partial charge in [-0.3, -0.25) is 0 Å². The highest BCUT2D eigenvalue weighted by Crippen LogP contribution is 2.22. The second kappa shape index (κ2) is 3.92. The van der Waals surface area contributed by atoms with Gasteiger partial charge < -0.3 is 5.11 Å². The van der Waals surface area contributed by atoms with Crippen LogP contribution in [0.15, 0.2) is 34.9 Å². The Labute approximate surface area is 78.0 Å². The predicted molar refractivity (Wildman–Crippen MR) is 52.0 cm³/mol. The van der Waals surface area contributed by atoms with Crippen LogP contribution in [0.1, 0.15) is 13.8 Å². The minimum atomic E-state index is -0.626. The van der Waals surface area contributed by atoms with Crippen molar-refractivity contribution in [1.29, 1.82) is 0 Å². The molecule has 1 nitrogen and oxygen atoms in total. The normalized spacial score (nSPS) is 26.6. The Hall–Kier alpha value is -0.530. The predicted octanol–water partition coefficient (Wildman–Crippen LogP) is 2.62. The summed E-state index contributed by atoms with van der Waals surface area (Å²) < 4.78 is 0. The van der Waals surface area contributed by atoms with Crippen molar-refractivity contribution in [2.45, 2.75) is 20.0 Å². The lowest BCUT2D eigenvalue weighted by atomic mass is 10.0. The maximum absolute atomic E-state index is 9.57. The van der Waals surface area contributed by atoms with Crippen molar-refractivity contribution in [3.8, 4) is 0 Å². The van der Waals surface area contributed by atoms with Crippen molar-refractivity contribution in [2.75, 3.05) is 0 Å². The van der Waals surface area contributed by atoms with Gasteiger partial charge in [0.2, 0.25) is 0 Å². The van der Waals surface area contributed by atoms with E-state index in [1.165, 1.54) is 0 Å². The molecule has 1 aliphatic carbocycles. The lowest BCUT2D eigenvalue weighted by molar-refractivity contribution is 0.256. The summed E-state index contributed by atoms with van der Waals surface area (Å²) in [5.41, 5.74) is 0.887. The molecule has 0 aromatic heterocycles. The van der Waals surface area contributed by atoms with E-state index in [-0.39, 0.29) is 0 Å². The fraction of sp³-hybridized carbons (Fsp3) is 0.400. The van der Waals surface area contributed by atoms with E-state index in [1.54, 1.807) is 6.08 Å². The maximum atomic E-state index is 9.57. The van der Waals surface area contributed by atoms with Crippen molar-refractivity contribution in [3.05, 3.63) is 34.9 Å². The Morgan fingerprint density at radius 1 is 1.58 bits per heavy atom. The average molecular weight is 185 g/mol. The quantitative estimate of drug-likeness (QED) is 0.665. The SMILES string of the molecule is CC(C)C=C1C=CC=C(Cl)C1O. The van der Waals surface area contributed by atoms with Crippen LogP contribution >= 0.6 is 11.6 Å². The smallest absolute Gasteiger partial charge is 0.114 e. The number of aliphatic hydroxyl groups is 1. The van der Waals surface area contributed by atoms with Gasteiger partial charge in [-0.1, -0.05) is 43.7 Å². The zero-order chi connectivity index (χ0) is 9.14. The third kappa shape index (κ3) is 2.23. The second-order valence-electron chi connectivity index (χ2n) is 3.22. The Balaban J connectivity index is 2.83. The molecule has 0 saturated carbocycles. The molecule has 0 aliphatic heterocycles. The molecule has 0 heterocycles. The van der Waals surface area contributed by atoms with Crippen molar-refractivity contribution in [3.63, 3.8) is 0 Å². The highest BCUT2D eigenvalue weighted by Gasteiger charge is 2.14. The summed E-state index contributed by atoms with van der Waals surface area (Å²) in [6.45, 7) is 4.14. The Bertz CT molecular complexity index is 249. The number of hydrogen-bond acceptors (Lipinski definition) is 1. The molecule has 0 saturated heterocycles. The summed E-state index contributed by atoms with van der Waals surface area (Å²) in [5.74, 6) is 0.432. The van der Waals surface area contributed by atoms with Crippen LogP contribution in [0.25, 0.3) is 0 Å². The van der Waals surface area contributed by atoms with Gasteiger partial charge in [0.1, 0.15) is 6.10 Å². The van der Waals surface area contributed by atoms with Crippen molar-refractivity contribution >= 4 is 11.6 Å². The Morgan fingerprint density at radius 2 is 2.25 bits per heavy atom. The zero-order valence-electron chi connectivity index (χ0n) is 7.29. The molecule has 1 unspecified atom stereocenters. The van der Waals surface area contributed by atoms with E-state index in [4.69, 9.17) is 11.6 Å². The van der Waals surface area contributed by atoms with Crippen molar-refractivity contribution in [1.82, 2.24) is 0 Å². The van der Waals surface area contributed by atoms with Crippen LogP contribution in [-0.4, -0.2) is 11.2 Å². The lowest BCUT2D eigenvalue weighted by Gasteiger charge is -2.15. The van der Waals surface area contributed by atoms with Crippen LogP contribution in [0.5, 0.6) is 0 Å². The number of hydrogen-bond donors (Lipinski definition) is 1. The van der Waals surface area contributed by atoms with E-state index < -0.39 is 6.10 Å². The number of allylic oxidation sites excluding steroid dienone is 3. The monoisotopic (exact) mass is 184 g/mol. The van der Waals surface area contributed by atoms with Crippen LogP contribution in [-0.2, 0) is 0 Å². The van der Waals surface area contributed by atoms with Crippen molar-refractivity contribution < 1.29 is 5.11 Å². The van der Waals surface area contributed by atoms with Crippen molar-refractivity contribution in [2.24, 2.45) is 5.92 Å². The summed E-state index contributed by atoms with van der Waals surface area (Å²) in [4.78, 5) is 0. The van der Waals surface area contributed by atoms with Crippen LogP contribution in [0.2, 0.25) is 0 Å². The van der Waals surface area contributed by atoms with E-state index in [0.29, 0.717) is 11.0 Å². The first-order valence-electron chi connectivity index (χ1n) is 4.05. The number of rotatable bonds is 1. The zero-order valence-corrected chi connectivity index (χ0v) is 8.05. The minimum Gasteiger partial charge on any atom is -0.383 e. The van der Waals surface area contributed by atoms with Crippen LogP contribution in [0.4, 0.5) is 0 Å². The summed E-state index contributed by atoms with van der Waals surface area (Å²) in [5, 5.41) is 10.1. The molecular formula is C10H13ClO. The standard InChI is InChI=1S/C10H13ClO/c1-7(2)6-8-4-3-5-9(11)10(8)12/h3-7,10,12H,1-2H3. The van der Waals surface area contributed by atoms with Gasteiger partial charge in [-0.05, 0) is 17.6 Å². The molecule has 0 aromatic carbocycles. The number of aliphatic hydroxyl groups excluding tert-OH is 1. The second-order valence-corrected chi connectivity index (χ2v) is 3.66. The molecule has 12 heavy (non-hydrogen) atoms. The fourth-order valence-corrected chi connectivity index (χ4v) is 1.32. The van der Waals surface area contributed by atoms with Crippen LogP contribution in [0, 0.1) is 5.92 Å². The van der Waals surface area contributed by atoms with Gasteiger partial charge in [0.05, 0.1) is 5.03 Å². The molecule has 0 amide bonds. The van der Waals surface area contributed by atoms with Gasteiger partial charge in [-0.25, -0.2) is 0 Å². The molecule has 0 bridgehead atoms. The third-order valence-electron chi connectivity index (χ3n) is 1.65. The molecule has 1 rings (SSSR count).